The monoisotopic (exact) mass is 283 g/mol. The molecule has 0 aliphatic rings. The Bertz CT molecular complexity index is 434. The number of halogens is 1. The van der Waals surface area contributed by atoms with Gasteiger partial charge in [0, 0.05) is 23.8 Å². The fourth-order valence-electron chi connectivity index (χ4n) is 2.04. The zero-order chi connectivity index (χ0) is 14.4. The Morgan fingerprint density at radius 1 is 1.47 bits per heavy atom. The van der Waals surface area contributed by atoms with Crippen molar-refractivity contribution in [3.05, 3.63) is 28.8 Å². The Labute approximate surface area is 120 Å². The minimum Gasteiger partial charge on any atom is -0.481 e. The Morgan fingerprint density at radius 2 is 2.16 bits per heavy atom. The summed E-state index contributed by atoms with van der Waals surface area (Å²) < 4.78 is 0. The molecule has 3 nitrogen and oxygen atoms in total. The van der Waals surface area contributed by atoms with Crippen molar-refractivity contribution >= 4 is 23.3 Å². The number of benzene rings is 1. The van der Waals surface area contributed by atoms with Gasteiger partial charge in [-0.15, -0.1) is 0 Å². The smallest absolute Gasteiger partial charge is 0.308 e. The van der Waals surface area contributed by atoms with Crippen molar-refractivity contribution in [2.24, 2.45) is 5.92 Å². The third kappa shape index (κ3) is 4.75. The first kappa shape index (κ1) is 15.8. The highest BCUT2D eigenvalue weighted by molar-refractivity contribution is 6.30. The van der Waals surface area contributed by atoms with Crippen molar-refractivity contribution in [3.63, 3.8) is 0 Å². The van der Waals surface area contributed by atoms with Gasteiger partial charge in [0.05, 0.1) is 5.92 Å². The molecular weight excluding hydrogens is 262 g/mol. The molecule has 0 radical (unpaired) electrons. The SMILES string of the molecule is CCCCN(CC(C)C(=O)O)c1ccc(Cl)cc1C. The number of carbonyl (C=O) groups is 1. The van der Waals surface area contributed by atoms with Crippen LogP contribution in [0.25, 0.3) is 0 Å². The lowest BCUT2D eigenvalue weighted by molar-refractivity contribution is -0.140. The molecule has 0 aliphatic heterocycles. The van der Waals surface area contributed by atoms with E-state index in [2.05, 4.69) is 11.8 Å². The normalized spacial score (nSPS) is 12.2. The van der Waals surface area contributed by atoms with Crippen molar-refractivity contribution in [2.45, 2.75) is 33.6 Å². The van der Waals surface area contributed by atoms with Gasteiger partial charge in [-0.05, 0) is 37.1 Å². The third-order valence-corrected chi connectivity index (χ3v) is 3.43. The second-order valence-corrected chi connectivity index (χ2v) is 5.41. The molecule has 4 heteroatoms. The predicted octanol–water partition coefficient (Wildman–Crippen LogP) is 3.98. The Balaban J connectivity index is 2.91. The lowest BCUT2D eigenvalue weighted by Crippen LogP contribution is -2.33. The summed E-state index contributed by atoms with van der Waals surface area (Å²) in [6, 6.07) is 5.75. The van der Waals surface area contributed by atoms with Crippen molar-refractivity contribution in [2.75, 3.05) is 18.0 Å². The molecule has 1 N–H and O–H groups in total. The number of unbranched alkanes of at least 4 members (excludes halogenated alkanes) is 1. The molecule has 0 amide bonds. The molecule has 0 aromatic heterocycles. The maximum Gasteiger partial charge on any atom is 0.308 e. The average Bonchev–Trinajstić information content (AvgIpc) is 2.34. The summed E-state index contributed by atoms with van der Waals surface area (Å²) in [5.74, 6) is -1.14. The van der Waals surface area contributed by atoms with E-state index in [4.69, 9.17) is 16.7 Å². The molecule has 0 saturated heterocycles. The number of hydrogen-bond donors (Lipinski definition) is 1. The van der Waals surface area contributed by atoms with E-state index in [1.165, 1.54) is 0 Å². The highest BCUT2D eigenvalue weighted by Gasteiger charge is 2.17. The van der Waals surface area contributed by atoms with Crippen LogP contribution in [0, 0.1) is 12.8 Å². The summed E-state index contributed by atoms with van der Waals surface area (Å²) >= 11 is 5.97. The van der Waals surface area contributed by atoms with Crippen LogP contribution >= 0.6 is 11.6 Å². The van der Waals surface area contributed by atoms with Crippen LogP contribution in [0.15, 0.2) is 18.2 Å². The van der Waals surface area contributed by atoms with Crippen LogP contribution in [-0.2, 0) is 4.79 Å². The topological polar surface area (TPSA) is 40.5 Å². The lowest BCUT2D eigenvalue weighted by Gasteiger charge is -2.28. The van der Waals surface area contributed by atoms with E-state index in [9.17, 15) is 4.79 Å². The number of carboxylic acid groups (broad SMARTS) is 1. The van der Waals surface area contributed by atoms with E-state index in [0.29, 0.717) is 11.6 Å². The molecular formula is C15H22ClNO2. The predicted molar refractivity (Wildman–Crippen MR) is 80.1 cm³/mol. The van der Waals surface area contributed by atoms with Crippen LogP contribution in [-0.4, -0.2) is 24.2 Å². The van der Waals surface area contributed by atoms with Gasteiger partial charge in [0.15, 0.2) is 0 Å². The molecule has 0 fully saturated rings. The largest absolute Gasteiger partial charge is 0.481 e. The van der Waals surface area contributed by atoms with E-state index in [-0.39, 0.29) is 5.92 Å². The van der Waals surface area contributed by atoms with Gasteiger partial charge in [0.25, 0.3) is 0 Å². The van der Waals surface area contributed by atoms with Crippen LogP contribution < -0.4 is 4.90 Å². The van der Waals surface area contributed by atoms with E-state index in [1.54, 1.807) is 6.92 Å². The second kappa shape index (κ2) is 7.39. The number of anilines is 1. The number of rotatable bonds is 7. The Kier molecular flexibility index (Phi) is 6.16. The van der Waals surface area contributed by atoms with Gasteiger partial charge in [-0.2, -0.15) is 0 Å². The Morgan fingerprint density at radius 3 is 2.68 bits per heavy atom. The molecule has 1 aromatic rings. The minimum atomic E-state index is -0.756. The summed E-state index contributed by atoms with van der Waals surface area (Å²) in [6.45, 7) is 7.28. The van der Waals surface area contributed by atoms with Gasteiger partial charge < -0.3 is 10.0 Å². The molecule has 0 saturated carbocycles. The van der Waals surface area contributed by atoms with Crippen molar-refractivity contribution in [3.8, 4) is 0 Å². The highest BCUT2D eigenvalue weighted by Crippen LogP contribution is 2.24. The van der Waals surface area contributed by atoms with E-state index >= 15 is 0 Å². The standard InChI is InChI=1S/C15H22ClNO2/c1-4-5-8-17(10-12(3)15(18)19)14-7-6-13(16)9-11(14)2/h6-7,9,12H,4-5,8,10H2,1-3H3,(H,18,19). The summed E-state index contributed by atoms with van der Waals surface area (Å²) in [6.07, 6.45) is 2.14. The van der Waals surface area contributed by atoms with Crippen molar-refractivity contribution < 1.29 is 9.90 Å². The maximum atomic E-state index is 11.0. The van der Waals surface area contributed by atoms with Crippen molar-refractivity contribution in [1.29, 1.82) is 0 Å². The summed E-state index contributed by atoms with van der Waals surface area (Å²) in [5, 5.41) is 9.78. The van der Waals surface area contributed by atoms with Crippen LogP contribution in [0.2, 0.25) is 5.02 Å². The summed E-state index contributed by atoms with van der Waals surface area (Å²) in [5.41, 5.74) is 2.16. The molecule has 19 heavy (non-hydrogen) atoms. The molecule has 1 aromatic carbocycles. The lowest BCUT2D eigenvalue weighted by atomic mass is 10.1. The molecule has 106 valence electrons. The first-order valence-corrected chi connectivity index (χ1v) is 7.07. The molecule has 1 rings (SSSR count). The van der Waals surface area contributed by atoms with E-state index in [0.717, 1.165) is 30.6 Å². The molecule has 0 bridgehead atoms. The van der Waals surface area contributed by atoms with Gasteiger partial charge in [0.2, 0.25) is 0 Å². The number of aryl methyl sites for hydroxylation is 1. The van der Waals surface area contributed by atoms with Crippen molar-refractivity contribution in [1.82, 2.24) is 0 Å². The fourth-order valence-corrected chi connectivity index (χ4v) is 2.27. The van der Waals surface area contributed by atoms with Gasteiger partial charge in [-0.25, -0.2) is 0 Å². The molecule has 1 unspecified atom stereocenters. The van der Waals surface area contributed by atoms with Crippen LogP contribution in [0.4, 0.5) is 5.69 Å². The summed E-state index contributed by atoms with van der Waals surface area (Å²) in [7, 11) is 0. The van der Waals surface area contributed by atoms with Gasteiger partial charge in [-0.3, -0.25) is 4.79 Å². The molecule has 0 aliphatic carbocycles. The van der Waals surface area contributed by atoms with Gasteiger partial charge in [-0.1, -0.05) is 31.9 Å². The molecule has 0 spiro atoms. The second-order valence-electron chi connectivity index (χ2n) is 4.97. The average molecular weight is 284 g/mol. The number of carboxylic acids is 1. The molecule has 1 atom stereocenters. The van der Waals surface area contributed by atoms with Gasteiger partial charge in [0.1, 0.15) is 0 Å². The zero-order valence-electron chi connectivity index (χ0n) is 11.8. The first-order chi connectivity index (χ1) is 8.95. The highest BCUT2D eigenvalue weighted by atomic mass is 35.5. The first-order valence-electron chi connectivity index (χ1n) is 6.69. The number of hydrogen-bond acceptors (Lipinski definition) is 2. The molecule has 0 heterocycles. The van der Waals surface area contributed by atoms with Crippen LogP contribution in [0.5, 0.6) is 0 Å². The van der Waals surface area contributed by atoms with Crippen LogP contribution in [0.1, 0.15) is 32.3 Å². The summed E-state index contributed by atoms with van der Waals surface area (Å²) in [4.78, 5) is 13.2. The van der Waals surface area contributed by atoms with E-state index < -0.39 is 5.97 Å². The van der Waals surface area contributed by atoms with Crippen LogP contribution in [0.3, 0.4) is 0 Å². The number of aliphatic carboxylic acids is 1. The maximum absolute atomic E-state index is 11.0. The quantitative estimate of drug-likeness (QED) is 0.823. The van der Waals surface area contributed by atoms with Gasteiger partial charge >= 0.3 is 5.97 Å². The minimum absolute atomic E-state index is 0.382. The third-order valence-electron chi connectivity index (χ3n) is 3.20. The van der Waals surface area contributed by atoms with E-state index in [1.807, 2.05) is 25.1 Å². The zero-order valence-corrected chi connectivity index (χ0v) is 12.6. The fraction of sp³-hybridized carbons (Fsp3) is 0.533. The Hall–Kier alpha value is -1.22. The number of nitrogens with zero attached hydrogens (tertiary/aromatic N) is 1.